The van der Waals surface area contributed by atoms with Gasteiger partial charge in [0.15, 0.2) is 0 Å². The van der Waals surface area contributed by atoms with Crippen molar-refractivity contribution in [1.82, 2.24) is 5.32 Å². The van der Waals surface area contributed by atoms with E-state index < -0.39 is 0 Å². The lowest BCUT2D eigenvalue weighted by molar-refractivity contribution is 0.0252. The molecule has 0 radical (unpaired) electrons. The Balaban J connectivity index is 1.38. The molecule has 4 nitrogen and oxygen atoms in total. The molecule has 0 bridgehead atoms. The van der Waals surface area contributed by atoms with E-state index in [1.54, 1.807) is 12.1 Å². The van der Waals surface area contributed by atoms with E-state index in [9.17, 15) is 9.59 Å². The van der Waals surface area contributed by atoms with Gasteiger partial charge in [0.25, 0.3) is 5.91 Å². The number of rotatable bonds is 3. The lowest BCUT2D eigenvalue weighted by Gasteiger charge is -2.27. The maximum Gasteiger partial charge on any atom is 0.339 e. The lowest BCUT2D eigenvalue weighted by atomic mass is 9.87. The summed E-state index contributed by atoms with van der Waals surface area (Å²) in [6.45, 7) is 0. The number of carbonyl (C=O) groups is 2. The van der Waals surface area contributed by atoms with Gasteiger partial charge in [-0.15, -0.1) is 0 Å². The molecule has 1 amide bonds. The van der Waals surface area contributed by atoms with Crippen LogP contribution in [0.2, 0.25) is 0 Å². The third kappa shape index (κ3) is 3.50. The smallest absolute Gasteiger partial charge is 0.339 e. The second-order valence-corrected chi connectivity index (χ2v) is 8.00. The Morgan fingerprint density at radius 2 is 1.73 bits per heavy atom. The van der Waals surface area contributed by atoms with Crippen molar-refractivity contribution in [2.24, 2.45) is 0 Å². The maximum absolute atomic E-state index is 13.0. The molecule has 3 aromatic rings. The molecule has 5 rings (SSSR count). The van der Waals surface area contributed by atoms with E-state index in [1.165, 1.54) is 11.1 Å². The van der Waals surface area contributed by atoms with Crippen LogP contribution in [-0.2, 0) is 17.6 Å². The lowest BCUT2D eigenvalue weighted by Crippen LogP contribution is -2.31. The summed E-state index contributed by atoms with van der Waals surface area (Å²) in [5, 5.41) is 3.20. The van der Waals surface area contributed by atoms with Crippen LogP contribution in [0.1, 0.15) is 68.0 Å². The normalized spacial score (nSPS) is 19.9. The SMILES string of the molecule is O=C(N[C@@H]1CCCc2ccccc21)c1ccc2c(c1)C[C@H](c1ccccc1)OC2=O. The van der Waals surface area contributed by atoms with Gasteiger partial charge >= 0.3 is 5.97 Å². The van der Waals surface area contributed by atoms with Gasteiger partial charge in [-0.1, -0.05) is 54.6 Å². The second kappa shape index (κ2) is 7.79. The molecule has 0 aromatic heterocycles. The van der Waals surface area contributed by atoms with Crippen molar-refractivity contribution in [3.63, 3.8) is 0 Å². The van der Waals surface area contributed by atoms with Crippen molar-refractivity contribution in [3.05, 3.63) is 106 Å². The monoisotopic (exact) mass is 397 g/mol. The van der Waals surface area contributed by atoms with Crippen LogP contribution in [0.4, 0.5) is 0 Å². The number of fused-ring (bicyclic) bond motifs is 2. The fourth-order valence-electron chi connectivity index (χ4n) is 4.54. The summed E-state index contributed by atoms with van der Waals surface area (Å²) in [7, 11) is 0. The fourth-order valence-corrected chi connectivity index (χ4v) is 4.54. The summed E-state index contributed by atoms with van der Waals surface area (Å²) in [5.74, 6) is -0.437. The predicted octanol–water partition coefficient (Wildman–Crippen LogP) is 4.95. The highest BCUT2D eigenvalue weighted by atomic mass is 16.5. The van der Waals surface area contributed by atoms with Crippen molar-refractivity contribution in [2.45, 2.75) is 37.8 Å². The van der Waals surface area contributed by atoms with Crippen molar-refractivity contribution >= 4 is 11.9 Å². The quantitative estimate of drug-likeness (QED) is 0.637. The summed E-state index contributed by atoms with van der Waals surface area (Å²) < 4.78 is 5.62. The first-order valence-corrected chi connectivity index (χ1v) is 10.5. The number of cyclic esters (lactones) is 1. The van der Waals surface area contributed by atoms with Gasteiger partial charge in [0.1, 0.15) is 6.10 Å². The zero-order valence-electron chi connectivity index (χ0n) is 16.6. The van der Waals surface area contributed by atoms with E-state index >= 15 is 0 Å². The minimum atomic E-state index is -0.335. The van der Waals surface area contributed by atoms with Gasteiger partial charge in [-0.2, -0.15) is 0 Å². The molecule has 150 valence electrons. The van der Waals surface area contributed by atoms with Crippen LogP contribution in [-0.4, -0.2) is 11.9 Å². The van der Waals surface area contributed by atoms with Gasteiger partial charge in [-0.25, -0.2) is 4.79 Å². The molecular formula is C26H23NO3. The summed E-state index contributed by atoms with van der Waals surface area (Å²) in [5.41, 5.74) is 5.47. The van der Waals surface area contributed by atoms with Gasteiger partial charge in [-0.05, 0) is 59.7 Å². The van der Waals surface area contributed by atoms with Crippen molar-refractivity contribution in [3.8, 4) is 0 Å². The van der Waals surface area contributed by atoms with Gasteiger partial charge in [0.2, 0.25) is 0 Å². The number of amides is 1. The number of nitrogens with one attached hydrogen (secondary N) is 1. The Morgan fingerprint density at radius 1 is 0.933 bits per heavy atom. The minimum absolute atomic E-state index is 0.0283. The summed E-state index contributed by atoms with van der Waals surface area (Å²) in [6.07, 6.45) is 3.31. The molecule has 0 saturated carbocycles. The summed E-state index contributed by atoms with van der Waals surface area (Å²) in [6, 6.07) is 23.3. The molecule has 0 spiro atoms. The molecule has 2 aliphatic rings. The van der Waals surface area contributed by atoms with E-state index in [0.29, 0.717) is 17.5 Å². The Morgan fingerprint density at radius 3 is 2.60 bits per heavy atom. The molecule has 1 aliphatic carbocycles. The summed E-state index contributed by atoms with van der Waals surface area (Å²) in [4.78, 5) is 25.5. The zero-order chi connectivity index (χ0) is 20.5. The molecule has 0 unspecified atom stereocenters. The number of ether oxygens (including phenoxy) is 1. The summed E-state index contributed by atoms with van der Waals surface area (Å²) >= 11 is 0. The highest BCUT2D eigenvalue weighted by Crippen LogP contribution is 2.32. The average molecular weight is 397 g/mol. The van der Waals surface area contributed by atoms with Crippen molar-refractivity contribution < 1.29 is 14.3 Å². The number of carbonyl (C=O) groups excluding carboxylic acids is 2. The Labute approximate surface area is 175 Å². The van der Waals surface area contributed by atoms with Gasteiger partial charge in [-0.3, -0.25) is 4.79 Å². The van der Waals surface area contributed by atoms with Crippen LogP contribution in [0.5, 0.6) is 0 Å². The minimum Gasteiger partial charge on any atom is -0.454 e. The third-order valence-electron chi connectivity index (χ3n) is 6.09. The maximum atomic E-state index is 13.0. The second-order valence-electron chi connectivity index (χ2n) is 8.00. The topological polar surface area (TPSA) is 55.4 Å². The first-order valence-electron chi connectivity index (χ1n) is 10.5. The zero-order valence-corrected chi connectivity index (χ0v) is 16.6. The van der Waals surface area contributed by atoms with Crippen LogP contribution in [0.3, 0.4) is 0 Å². The molecule has 0 saturated heterocycles. The number of hydrogen-bond donors (Lipinski definition) is 1. The van der Waals surface area contributed by atoms with E-state index in [0.717, 1.165) is 30.4 Å². The predicted molar refractivity (Wildman–Crippen MR) is 114 cm³/mol. The van der Waals surface area contributed by atoms with Crippen molar-refractivity contribution in [1.29, 1.82) is 0 Å². The van der Waals surface area contributed by atoms with E-state index in [1.807, 2.05) is 42.5 Å². The molecule has 2 atom stereocenters. The van der Waals surface area contributed by atoms with E-state index in [4.69, 9.17) is 4.74 Å². The molecule has 3 aromatic carbocycles. The first kappa shape index (κ1) is 18.6. The average Bonchev–Trinajstić information content (AvgIpc) is 2.79. The third-order valence-corrected chi connectivity index (χ3v) is 6.09. The molecule has 1 aliphatic heterocycles. The Hall–Kier alpha value is -3.40. The van der Waals surface area contributed by atoms with Crippen LogP contribution in [0.25, 0.3) is 0 Å². The number of aryl methyl sites for hydroxylation is 1. The van der Waals surface area contributed by atoms with E-state index in [-0.39, 0.29) is 24.0 Å². The molecule has 4 heteroatoms. The molecular weight excluding hydrogens is 374 g/mol. The molecule has 0 fully saturated rings. The number of hydrogen-bond acceptors (Lipinski definition) is 3. The standard InChI is InChI=1S/C26H23NO3/c28-25(27-23-12-6-10-17-7-4-5-11-21(17)23)19-13-14-22-20(15-19)16-24(30-26(22)29)18-8-2-1-3-9-18/h1-5,7-9,11,13-15,23-24H,6,10,12,16H2,(H,27,28)/t23-,24-/m1/s1. The van der Waals surface area contributed by atoms with Gasteiger partial charge in [0.05, 0.1) is 11.6 Å². The highest BCUT2D eigenvalue weighted by Gasteiger charge is 2.29. The molecule has 30 heavy (non-hydrogen) atoms. The van der Waals surface area contributed by atoms with Crippen LogP contribution < -0.4 is 5.32 Å². The highest BCUT2D eigenvalue weighted by molar-refractivity contribution is 5.98. The van der Waals surface area contributed by atoms with Crippen LogP contribution in [0.15, 0.2) is 72.8 Å². The Kier molecular flexibility index (Phi) is 4.83. The number of benzene rings is 3. The molecule has 1 N–H and O–H groups in total. The van der Waals surface area contributed by atoms with E-state index in [2.05, 4.69) is 23.5 Å². The van der Waals surface area contributed by atoms with Crippen molar-refractivity contribution in [2.75, 3.05) is 0 Å². The molecule has 1 heterocycles. The van der Waals surface area contributed by atoms with Crippen LogP contribution in [0, 0.1) is 0 Å². The largest absolute Gasteiger partial charge is 0.454 e. The first-order chi connectivity index (χ1) is 14.7. The number of esters is 1. The Bertz CT molecular complexity index is 1110. The fraction of sp³-hybridized carbons (Fsp3) is 0.231. The van der Waals surface area contributed by atoms with Crippen LogP contribution >= 0.6 is 0 Å². The van der Waals surface area contributed by atoms with Gasteiger partial charge in [0, 0.05) is 12.0 Å². The van der Waals surface area contributed by atoms with Gasteiger partial charge < -0.3 is 10.1 Å².